The summed E-state index contributed by atoms with van der Waals surface area (Å²) in [6.45, 7) is 3.06. The van der Waals surface area contributed by atoms with Crippen molar-refractivity contribution >= 4 is 0 Å². The number of rotatable bonds is 3. The molecule has 3 aliphatic rings. The quantitative estimate of drug-likeness (QED) is 0.844. The van der Waals surface area contributed by atoms with Crippen molar-refractivity contribution in [3.8, 4) is 0 Å². The van der Waals surface area contributed by atoms with Gasteiger partial charge in [-0.15, -0.1) is 0 Å². The van der Waals surface area contributed by atoms with Crippen molar-refractivity contribution in [2.75, 3.05) is 13.1 Å². The standard InChI is InChI=1S/C17H22F2N2/c18-17(19)8-16(9-17)21-14-6-7-15(21)12-20(11-14)10-13-4-2-1-3-5-13/h1-5,14-16H,6-12H2. The molecule has 2 nitrogen and oxygen atoms in total. The monoisotopic (exact) mass is 292 g/mol. The van der Waals surface area contributed by atoms with Gasteiger partial charge in [0.25, 0.3) is 5.92 Å². The zero-order chi connectivity index (χ0) is 14.4. The molecule has 2 saturated heterocycles. The first-order chi connectivity index (χ1) is 10.1. The molecule has 0 radical (unpaired) electrons. The molecular formula is C17H22F2N2. The van der Waals surface area contributed by atoms with Crippen molar-refractivity contribution in [1.82, 2.24) is 9.80 Å². The number of fused-ring (bicyclic) bond motifs is 2. The molecule has 21 heavy (non-hydrogen) atoms. The van der Waals surface area contributed by atoms with Crippen LogP contribution in [0.4, 0.5) is 8.78 Å². The first kappa shape index (κ1) is 13.6. The van der Waals surface area contributed by atoms with Gasteiger partial charge in [0.15, 0.2) is 0 Å². The van der Waals surface area contributed by atoms with Gasteiger partial charge in [0, 0.05) is 50.6 Å². The summed E-state index contributed by atoms with van der Waals surface area (Å²) in [5.41, 5.74) is 1.35. The van der Waals surface area contributed by atoms with Crippen LogP contribution in [0.3, 0.4) is 0 Å². The Morgan fingerprint density at radius 1 is 0.952 bits per heavy atom. The molecule has 1 aliphatic carbocycles. The summed E-state index contributed by atoms with van der Waals surface area (Å²) in [5, 5.41) is 0. The maximum absolute atomic E-state index is 13.1. The summed E-state index contributed by atoms with van der Waals surface area (Å²) in [4.78, 5) is 4.93. The molecular weight excluding hydrogens is 270 g/mol. The van der Waals surface area contributed by atoms with Crippen LogP contribution in [-0.4, -0.2) is 46.9 Å². The first-order valence-electron chi connectivity index (χ1n) is 8.02. The SMILES string of the molecule is FC1(F)CC(N2C3CCC2CN(Cc2ccccc2)C3)C1. The Balaban J connectivity index is 1.40. The third-order valence-electron chi connectivity index (χ3n) is 5.35. The van der Waals surface area contributed by atoms with Crippen LogP contribution < -0.4 is 0 Å². The van der Waals surface area contributed by atoms with Gasteiger partial charge in [-0.3, -0.25) is 9.80 Å². The molecule has 0 spiro atoms. The Morgan fingerprint density at radius 2 is 1.57 bits per heavy atom. The second-order valence-electron chi connectivity index (χ2n) is 6.93. The second kappa shape index (κ2) is 5.03. The van der Waals surface area contributed by atoms with Crippen LogP contribution in [0.2, 0.25) is 0 Å². The van der Waals surface area contributed by atoms with E-state index in [1.54, 1.807) is 0 Å². The third kappa shape index (κ3) is 2.59. The van der Waals surface area contributed by atoms with E-state index in [1.165, 1.54) is 18.4 Å². The van der Waals surface area contributed by atoms with Crippen LogP contribution in [0, 0.1) is 0 Å². The second-order valence-corrected chi connectivity index (χ2v) is 6.93. The number of nitrogens with zero attached hydrogens (tertiary/aromatic N) is 2. The van der Waals surface area contributed by atoms with E-state index in [1.807, 2.05) is 6.07 Å². The van der Waals surface area contributed by atoms with Gasteiger partial charge in [-0.1, -0.05) is 30.3 Å². The Labute approximate surface area is 124 Å². The van der Waals surface area contributed by atoms with Gasteiger partial charge in [0.2, 0.25) is 0 Å². The minimum Gasteiger partial charge on any atom is -0.296 e. The summed E-state index contributed by atoms with van der Waals surface area (Å²) in [6, 6.07) is 11.7. The minimum absolute atomic E-state index is 0.0820. The topological polar surface area (TPSA) is 6.48 Å². The molecule has 1 saturated carbocycles. The fourth-order valence-electron chi connectivity index (χ4n) is 4.43. The van der Waals surface area contributed by atoms with Gasteiger partial charge in [0.1, 0.15) is 0 Å². The summed E-state index contributed by atoms with van der Waals surface area (Å²) in [5.74, 6) is -2.40. The highest BCUT2D eigenvalue weighted by Gasteiger charge is 2.53. The fourth-order valence-corrected chi connectivity index (χ4v) is 4.43. The van der Waals surface area contributed by atoms with Gasteiger partial charge in [-0.05, 0) is 18.4 Å². The molecule has 114 valence electrons. The molecule has 2 unspecified atom stereocenters. The highest BCUT2D eigenvalue weighted by atomic mass is 19.3. The molecule has 1 aromatic rings. The van der Waals surface area contributed by atoms with E-state index in [4.69, 9.17) is 0 Å². The normalized spacial score (nSPS) is 33.0. The summed E-state index contributed by atoms with van der Waals surface area (Å²) in [7, 11) is 0. The van der Waals surface area contributed by atoms with Crippen LogP contribution in [0.1, 0.15) is 31.2 Å². The third-order valence-corrected chi connectivity index (χ3v) is 5.35. The lowest BCUT2D eigenvalue weighted by Gasteiger charge is -2.50. The molecule has 4 heteroatoms. The molecule has 2 atom stereocenters. The number of hydrogen-bond donors (Lipinski definition) is 0. The van der Waals surface area contributed by atoms with E-state index < -0.39 is 5.92 Å². The Morgan fingerprint density at radius 3 is 2.14 bits per heavy atom. The Bertz CT molecular complexity index is 483. The van der Waals surface area contributed by atoms with Crippen molar-refractivity contribution in [2.45, 2.75) is 56.3 Å². The van der Waals surface area contributed by atoms with Crippen molar-refractivity contribution in [3.05, 3.63) is 35.9 Å². The summed E-state index contributed by atoms with van der Waals surface area (Å²) in [6.07, 6.45) is 2.52. The zero-order valence-corrected chi connectivity index (χ0v) is 12.2. The van der Waals surface area contributed by atoms with E-state index in [2.05, 4.69) is 34.1 Å². The first-order valence-corrected chi connectivity index (χ1v) is 8.02. The number of benzene rings is 1. The number of likely N-dealkylation sites (tertiary alicyclic amines) is 1. The number of halogens is 2. The van der Waals surface area contributed by atoms with Crippen molar-refractivity contribution in [3.63, 3.8) is 0 Å². The van der Waals surface area contributed by atoms with E-state index in [0.29, 0.717) is 12.1 Å². The van der Waals surface area contributed by atoms with Crippen molar-refractivity contribution < 1.29 is 8.78 Å². The molecule has 4 rings (SSSR count). The van der Waals surface area contributed by atoms with Crippen LogP contribution >= 0.6 is 0 Å². The maximum atomic E-state index is 13.1. The summed E-state index contributed by atoms with van der Waals surface area (Å²) >= 11 is 0. The average Bonchev–Trinajstić information content (AvgIpc) is 2.68. The molecule has 2 bridgehead atoms. The molecule has 0 N–H and O–H groups in total. The van der Waals surface area contributed by atoms with Crippen LogP contribution in [0.5, 0.6) is 0 Å². The Kier molecular flexibility index (Phi) is 3.27. The lowest BCUT2D eigenvalue weighted by atomic mass is 9.85. The summed E-state index contributed by atoms with van der Waals surface area (Å²) < 4.78 is 26.3. The Hall–Kier alpha value is -1.00. The number of alkyl halides is 2. The predicted octanol–water partition coefficient (Wildman–Crippen LogP) is 3.13. The highest BCUT2D eigenvalue weighted by molar-refractivity contribution is 5.15. The van der Waals surface area contributed by atoms with Gasteiger partial charge in [-0.2, -0.15) is 0 Å². The van der Waals surface area contributed by atoms with Crippen LogP contribution in [0.25, 0.3) is 0 Å². The smallest absolute Gasteiger partial charge is 0.251 e. The van der Waals surface area contributed by atoms with E-state index in [0.717, 1.165) is 19.6 Å². The maximum Gasteiger partial charge on any atom is 0.251 e. The van der Waals surface area contributed by atoms with Crippen LogP contribution in [-0.2, 0) is 6.54 Å². The van der Waals surface area contributed by atoms with Gasteiger partial charge < -0.3 is 0 Å². The molecule has 1 aromatic carbocycles. The van der Waals surface area contributed by atoms with E-state index >= 15 is 0 Å². The lowest BCUT2D eigenvalue weighted by Crippen LogP contribution is -2.61. The number of piperazine rings is 1. The van der Waals surface area contributed by atoms with Crippen molar-refractivity contribution in [1.29, 1.82) is 0 Å². The van der Waals surface area contributed by atoms with Gasteiger partial charge in [0.05, 0.1) is 0 Å². The highest BCUT2D eigenvalue weighted by Crippen LogP contribution is 2.45. The largest absolute Gasteiger partial charge is 0.296 e. The molecule has 3 fully saturated rings. The lowest BCUT2D eigenvalue weighted by molar-refractivity contribution is -0.142. The molecule has 0 amide bonds. The number of hydrogen-bond acceptors (Lipinski definition) is 2. The van der Waals surface area contributed by atoms with Crippen molar-refractivity contribution in [2.24, 2.45) is 0 Å². The van der Waals surface area contributed by atoms with E-state index in [-0.39, 0.29) is 18.9 Å². The molecule has 2 heterocycles. The fraction of sp³-hybridized carbons (Fsp3) is 0.647. The zero-order valence-electron chi connectivity index (χ0n) is 12.2. The molecule has 0 aromatic heterocycles. The van der Waals surface area contributed by atoms with Gasteiger partial charge >= 0.3 is 0 Å². The van der Waals surface area contributed by atoms with E-state index in [9.17, 15) is 8.78 Å². The minimum atomic E-state index is -2.40. The average molecular weight is 292 g/mol. The predicted molar refractivity (Wildman–Crippen MR) is 78.3 cm³/mol. The molecule has 2 aliphatic heterocycles. The van der Waals surface area contributed by atoms with Crippen LogP contribution in [0.15, 0.2) is 30.3 Å². The van der Waals surface area contributed by atoms with Gasteiger partial charge in [-0.25, -0.2) is 8.78 Å².